The Morgan fingerprint density at radius 1 is 1.36 bits per heavy atom. The van der Waals surface area contributed by atoms with Crippen LogP contribution in [0.4, 0.5) is 4.79 Å². The molecule has 2 rings (SSSR count). The quantitative estimate of drug-likeness (QED) is 0.671. The number of imide groups is 1. The molecule has 0 saturated carbocycles. The molecule has 1 fully saturated rings. The summed E-state index contributed by atoms with van der Waals surface area (Å²) in [5.41, 5.74) is -0.950. The predicted molar refractivity (Wildman–Crippen MR) is 80.7 cm³/mol. The number of urea groups is 1. The highest BCUT2D eigenvalue weighted by Gasteiger charge is 2.50. The van der Waals surface area contributed by atoms with Crippen molar-refractivity contribution in [2.24, 2.45) is 0 Å². The summed E-state index contributed by atoms with van der Waals surface area (Å²) in [7, 11) is 0. The van der Waals surface area contributed by atoms with Gasteiger partial charge in [0, 0.05) is 15.6 Å². The molecule has 1 aromatic rings. The number of hydrogen-bond acceptors (Lipinski definition) is 4. The van der Waals surface area contributed by atoms with Crippen molar-refractivity contribution in [3.8, 4) is 0 Å². The molecule has 1 aliphatic heterocycles. The number of hydrogen-bond donors (Lipinski definition) is 1. The van der Waals surface area contributed by atoms with E-state index in [0.29, 0.717) is 10.6 Å². The average Bonchev–Trinajstić information content (AvgIpc) is 2.63. The minimum absolute atomic E-state index is 0.169. The monoisotopic (exact) mass is 344 g/mol. The van der Waals surface area contributed by atoms with Crippen molar-refractivity contribution in [1.82, 2.24) is 10.2 Å². The van der Waals surface area contributed by atoms with Crippen molar-refractivity contribution in [2.45, 2.75) is 19.4 Å². The predicted octanol–water partition coefficient (Wildman–Crippen LogP) is 2.32. The molecule has 0 bridgehead atoms. The average molecular weight is 345 g/mol. The third-order valence-electron chi connectivity index (χ3n) is 3.34. The zero-order chi connectivity index (χ0) is 16.5. The Kier molecular flexibility index (Phi) is 4.63. The van der Waals surface area contributed by atoms with Crippen LogP contribution in [0, 0.1) is 0 Å². The fourth-order valence-electron chi connectivity index (χ4n) is 2.25. The molecule has 22 heavy (non-hydrogen) atoms. The molecule has 1 heterocycles. The van der Waals surface area contributed by atoms with Crippen molar-refractivity contribution in [3.63, 3.8) is 0 Å². The number of amides is 3. The van der Waals surface area contributed by atoms with E-state index in [0.717, 1.165) is 4.90 Å². The van der Waals surface area contributed by atoms with E-state index in [1.807, 2.05) is 0 Å². The highest BCUT2D eigenvalue weighted by molar-refractivity contribution is 6.35. The van der Waals surface area contributed by atoms with Gasteiger partial charge in [0.25, 0.3) is 5.91 Å². The Hall–Kier alpha value is -1.79. The fraction of sp³-hybridized carbons (Fsp3) is 0.357. The maximum Gasteiger partial charge on any atom is 0.326 e. The summed E-state index contributed by atoms with van der Waals surface area (Å²) in [6.45, 7) is 2.89. The first kappa shape index (κ1) is 16.6. The van der Waals surface area contributed by atoms with Crippen LogP contribution in [0.5, 0.6) is 0 Å². The molecule has 0 aromatic heterocycles. The normalized spacial score (nSPS) is 21.0. The van der Waals surface area contributed by atoms with E-state index in [9.17, 15) is 14.4 Å². The van der Waals surface area contributed by atoms with E-state index in [1.165, 1.54) is 13.0 Å². The van der Waals surface area contributed by atoms with Gasteiger partial charge in [-0.25, -0.2) is 4.79 Å². The molecule has 1 atom stereocenters. The number of nitrogens with zero attached hydrogens (tertiary/aromatic N) is 1. The summed E-state index contributed by atoms with van der Waals surface area (Å²) in [4.78, 5) is 36.9. The van der Waals surface area contributed by atoms with Crippen molar-refractivity contribution >= 4 is 41.1 Å². The van der Waals surface area contributed by atoms with Crippen molar-refractivity contribution in [1.29, 1.82) is 0 Å². The lowest BCUT2D eigenvalue weighted by molar-refractivity contribution is -0.147. The minimum Gasteiger partial charge on any atom is -0.465 e. The van der Waals surface area contributed by atoms with Gasteiger partial charge in [0.1, 0.15) is 12.1 Å². The molecule has 0 spiro atoms. The number of carbonyl (C=O) groups is 3. The summed E-state index contributed by atoms with van der Waals surface area (Å²) < 4.78 is 4.76. The largest absolute Gasteiger partial charge is 0.465 e. The Morgan fingerprint density at radius 2 is 2.05 bits per heavy atom. The number of benzene rings is 1. The smallest absolute Gasteiger partial charge is 0.326 e. The molecule has 1 aromatic carbocycles. The first-order chi connectivity index (χ1) is 10.3. The van der Waals surface area contributed by atoms with Crippen molar-refractivity contribution in [3.05, 3.63) is 33.8 Å². The van der Waals surface area contributed by atoms with E-state index < -0.39 is 30.0 Å². The summed E-state index contributed by atoms with van der Waals surface area (Å²) in [5, 5.41) is 3.22. The molecule has 6 nitrogen and oxygen atoms in total. The van der Waals surface area contributed by atoms with Gasteiger partial charge < -0.3 is 10.1 Å². The van der Waals surface area contributed by atoms with E-state index in [-0.39, 0.29) is 11.6 Å². The van der Waals surface area contributed by atoms with E-state index in [4.69, 9.17) is 27.9 Å². The number of halogens is 2. The second-order valence-electron chi connectivity index (χ2n) is 4.88. The number of nitrogens with one attached hydrogen (secondary N) is 1. The summed E-state index contributed by atoms with van der Waals surface area (Å²) in [5.74, 6) is -1.23. The number of esters is 1. The lowest BCUT2D eigenvalue weighted by Gasteiger charge is -2.23. The summed E-state index contributed by atoms with van der Waals surface area (Å²) in [6, 6.07) is 3.95. The fourth-order valence-corrected chi connectivity index (χ4v) is 2.85. The molecule has 0 aliphatic carbocycles. The molecular weight excluding hydrogens is 331 g/mol. The molecule has 3 amide bonds. The van der Waals surface area contributed by atoms with Crippen LogP contribution in [0.15, 0.2) is 18.2 Å². The topological polar surface area (TPSA) is 75.7 Å². The second kappa shape index (κ2) is 6.14. The van der Waals surface area contributed by atoms with E-state index >= 15 is 0 Å². The van der Waals surface area contributed by atoms with Crippen molar-refractivity contribution in [2.75, 3.05) is 13.2 Å². The van der Waals surface area contributed by atoms with E-state index in [2.05, 4.69) is 5.32 Å². The zero-order valence-electron chi connectivity index (χ0n) is 12.0. The van der Waals surface area contributed by atoms with Crippen LogP contribution in [0.25, 0.3) is 0 Å². The number of rotatable bonds is 4. The van der Waals surface area contributed by atoms with Gasteiger partial charge in [-0.3, -0.25) is 14.5 Å². The standard InChI is InChI=1S/C14H14Cl2N2O4/c1-3-22-11(19)7-18-12(20)14(2,17-13(18)21)9-5-4-8(15)6-10(9)16/h4-6H,3,7H2,1-2H3,(H,17,21). The number of carbonyl (C=O) groups excluding carboxylic acids is 3. The van der Waals surface area contributed by atoms with Gasteiger partial charge in [0.15, 0.2) is 0 Å². The van der Waals surface area contributed by atoms with E-state index in [1.54, 1.807) is 19.1 Å². The van der Waals surface area contributed by atoms with Crippen LogP contribution in [0.1, 0.15) is 19.4 Å². The molecule has 1 aliphatic rings. The van der Waals surface area contributed by atoms with Gasteiger partial charge in [0.2, 0.25) is 0 Å². The van der Waals surface area contributed by atoms with Gasteiger partial charge in [0.05, 0.1) is 6.61 Å². The first-order valence-electron chi connectivity index (χ1n) is 6.55. The summed E-state index contributed by atoms with van der Waals surface area (Å²) >= 11 is 12.0. The Balaban J connectivity index is 2.31. The zero-order valence-corrected chi connectivity index (χ0v) is 13.5. The second-order valence-corrected chi connectivity index (χ2v) is 5.72. The lowest BCUT2D eigenvalue weighted by atomic mass is 9.92. The van der Waals surface area contributed by atoms with Crippen LogP contribution in [0.3, 0.4) is 0 Å². The molecule has 118 valence electrons. The third-order valence-corrected chi connectivity index (χ3v) is 3.89. The van der Waals surface area contributed by atoms with Crippen molar-refractivity contribution < 1.29 is 19.1 Å². The molecule has 1 N–H and O–H groups in total. The highest BCUT2D eigenvalue weighted by atomic mass is 35.5. The molecule has 1 saturated heterocycles. The Bertz CT molecular complexity index is 650. The molecule has 1 unspecified atom stereocenters. The van der Waals surface area contributed by atoms with Gasteiger partial charge in [-0.1, -0.05) is 29.3 Å². The van der Waals surface area contributed by atoms with Gasteiger partial charge in [-0.15, -0.1) is 0 Å². The van der Waals surface area contributed by atoms with Gasteiger partial charge in [-0.05, 0) is 26.0 Å². The van der Waals surface area contributed by atoms with Crippen LogP contribution in [0.2, 0.25) is 10.0 Å². The third kappa shape index (κ3) is 2.89. The molecule has 0 radical (unpaired) electrons. The Labute approximate surface area is 137 Å². The lowest BCUT2D eigenvalue weighted by Crippen LogP contribution is -2.42. The van der Waals surface area contributed by atoms with Crippen LogP contribution >= 0.6 is 23.2 Å². The minimum atomic E-state index is -1.36. The van der Waals surface area contributed by atoms with Crippen LogP contribution in [-0.4, -0.2) is 36.0 Å². The Morgan fingerprint density at radius 3 is 2.64 bits per heavy atom. The van der Waals surface area contributed by atoms with Gasteiger partial charge in [-0.2, -0.15) is 0 Å². The summed E-state index contributed by atoms with van der Waals surface area (Å²) in [6.07, 6.45) is 0. The highest BCUT2D eigenvalue weighted by Crippen LogP contribution is 2.34. The number of ether oxygens (including phenoxy) is 1. The molecule has 8 heteroatoms. The maximum atomic E-state index is 12.6. The SMILES string of the molecule is CCOC(=O)CN1C(=O)NC(C)(c2ccc(Cl)cc2Cl)C1=O. The maximum absolute atomic E-state index is 12.6. The molecular formula is C14H14Cl2N2O4. The van der Waals surface area contributed by atoms with Crippen LogP contribution in [-0.2, 0) is 19.9 Å². The van der Waals surface area contributed by atoms with Crippen LogP contribution < -0.4 is 5.32 Å². The first-order valence-corrected chi connectivity index (χ1v) is 7.30. The van der Waals surface area contributed by atoms with Gasteiger partial charge >= 0.3 is 12.0 Å².